The molecule has 0 unspecified atom stereocenters. The lowest BCUT2D eigenvalue weighted by atomic mass is 10.2. The van der Waals surface area contributed by atoms with Gasteiger partial charge in [-0.2, -0.15) is 0 Å². The third kappa shape index (κ3) is 4.16. The minimum Gasteiger partial charge on any atom is -0.396 e. The summed E-state index contributed by atoms with van der Waals surface area (Å²) in [5, 5.41) is 12.5. The van der Waals surface area contributed by atoms with Crippen LogP contribution in [0.2, 0.25) is 0 Å². The molecule has 0 aliphatic carbocycles. The van der Waals surface area contributed by atoms with E-state index in [1.54, 1.807) is 11.3 Å². The van der Waals surface area contributed by atoms with Gasteiger partial charge in [-0.15, -0.1) is 11.3 Å². The number of aromatic nitrogens is 1. The number of aliphatic hydroxyl groups is 1. The molecule has 23 heavy (non-hydrogen) atoms. The molecule has 3 nitrogen and oxygen atoms in total. The molecule has 0 saturated carbocycles. The van der Waals surface area contributed by atoms with Gasteiger partial charge in [0.2, 0.25) is 0 Å². The average molecular weight is 326 g/mol. The predicted molar refractivity (Wildman–Crippen MR) is 96.6 cm³/mol. The fourth-order valence-electron chi connectivity index (χ4n) is 2.70. The Kier molecular flexibility index (Phi) is 5.39. The van der Waals surface area contributed by atoms with Gasteiger partial charge in [-0.25, -0.2) is 0 Å². The number of nitrogens with zero attached hydrogens (tertiary/aromatic N) is 2. The van der Waals surface area contributed by atoms with Gasteiger partial charge in [0.1, 0.15) is 0 Å². The van der Waals surface area contributed by atoms with Gasteiger partial charge in [0.15, 0.2) is 0 Å². The summed E-state index contributed by atoms with van der Waals surface area (Å²) in [6.07, 6.45) is 0.790. The average Bonchev–Trinajstić information content (AvgIpc) is 2.97. The summed E-state index contributed by atoms with van der Waals surface area (Å²) < 4.78 is 0. The Morgan fingerprint density at radius 2 is 1.96 bits per heavy atom. The van der Waals surface area contributed by atoms with E-state index in [1.807, 2.05) is 12.1 Å². The molecule has 0 aliphatic rings. The quantitative estimate of drug-likeness (QED) is 0.713. The molecule has 4 heteroatoms. The van der Waals surface area contributed by atoms with Crippen molar-refractivity contribution in [3.8, 4) is 0 Å². The summed E-state index contributed by atoms with van der Waals surface area (Å²) in [6, 6.07) is 14.6. The zero-order valence-electron chi connectivity index (χ0n) is 13.4. The van der Waals surface area contributed by atoms with Crippen molar-refractivity contribution in [2.75, 3.05) is 13.2 Å². The smallest absolute Gasteiger partial charge is 0.0705 e. The Hall–Kier alpha value is -1.75. The molecule has 3 aromatic rings. The molecular formula is C19H22N2OS. The molecule has 3 rings (SSSR count). The van der Waals surface area contributed by atoms with Crippen LogP contribution in [0, 0.1) is 6.92 Å². The van der Waals surface area contributed by atoms with Crippen LogP contribution < -0.4 is 0 Å². The Morgan fingerprint density at radius 1 is 1.09 bits per heavy atom. The third-order valence-electron chi connectivity index (χ3n) is 4.01. The lowest BCUT2D eigenvalue weighted by Gasteiger charge is -2.21. The molecular weight excluding hydrogens is 304 g/mol. The maximum Gasteiger partial charge on any atom is 0.0705 e. The van der Waals surface area contributed by atoms with Gasteiger partial charge in [0, 0.05) is 36.5 Å². The molecule has 0 atom stereocenters. The summed E-state index contributed by atoms with van der Waals surface area (Å²) in [5.74, 6) is 0. The maximum atomic E-state index is 9.16. The van der Waals surface area contributed by atoms with E-state index in [0.717, 1.165) is 37.3 Å². The van der Waals surface area contributed by atoms with Crippen LogP contribution in [0.4, 0.5) is 0 Å². The van der Waals surface area contributed by atoms with E-state index in [4.69, 9.17) is 10.1 Å². The molecule has 2 aromatic heterocycles. The summed E-state index contributed by atoms with van der Waals surface area (Å²) in [5.41, 5.74) is 3.46. The van der Waals surface area contributed by atoms with Crippen LogP contribution in [0.1, 0.15) is 22.6 Å². The number of fused-ring (bicyclic) bond motifs is 1. The number of hydrogen-bond donors (Lipinski definition) is 1. The van der Waals surface area contributed by atoms with Crippen molar-refractivity contribution in [2.45, 2.75) is 26.4 Å². The highest BCUT2D eigenvalue weighted by molar-refractivity contribution is 7.10. The van der Waals surface area contributed by atoms with Crippen molar-refractivity contribution in [3.05, 3.63) is 64.0 Å². The molecule has 0 saturated heterocycles. The molecule has 120 valence electrons. The van der Waals surface area contributed by atoms with Crippen molar-refractivity contribution in [1.29, 1.82) is 0 Å². The van der Waals surface area contributed by atoms with Gasteiger partial charge < -0.3 is 5.11 Å². The number of hydrogen-bond acceptors (Lipinski definition) is 4. The Morgan fingerprint density at radius 3 is 2.74 bits per heavy atom. The normalized spacial score (nSPS) is 11.4. The molecule has 0 bridgehead atoms. The van der Waals surface area contributed by atoms with Crippen LogP contribution in [0.15, 0.2) is 47.8 Å². The van der Waals surface area contributed by atoms with Gasteiger partial charge >= 0.3 is 0 Å². The summed E-state index contributed by atoms with van der Waals surface area (Å²) in [7, 11) is 0. The first-order chi connectivity index (χ1) is 11.3. The Bertz CT molecular complexity index is 769. The van der Waals surface area contributed by atoms with Gasteiger partial charge in [-0.3, -0.25) is 9.88 Å². The predicted octanol–water partition coefficient (Wildman–Crippen LogP) is 3.99. The van der Waals surface area contributed by atoms with Crippen molar-refractivity contribution >= 4 is 22.2 Å². The van der Waals surface area contributed by atoms with Crippen LogP contribution >= 0.6 is 11.3 Å². The highest BCUT2D eigenvalue weighted by atomic mass is 32.1. The van der Waals surface area contributed by atoms with Crippen LogP contribution in [0.3, 0.4) is 0 Å². The third-order valence-corrected chi connectivity index (χ3v) is 5.02. The van der Waals surface area contributed by atoms with Crippen molar-refractivity contribution < 1.29 is 5.11 Å². The largest absolute Gasteiger partial charge is 0.396 e. The van der Waals surface area contributed by atoms with E-state index < -0.39 is 0 Å². The fourth-order valence-corrected chi connectivity index (χ4v) is 3.65. The Labute approximate surface area is 141 Å². The van der Waals surface area contributed by atoms with Crippen LogP contribution in [0.25, 0.3) is 10.9 Å². The molecule has 1 aromatic carbocycles. The van der Waals surface area contributed by atoms with E-state index in [-0.39, 0.29) is 6.61 Å². The number of rotatable bonds is 7. The number of para-hydroxylation sites is 1. The lowest BCUT2D eigenvalue weighted by Crippen LogP contribution is -2.25. The van der Waals surface area contributed by atoms with Gasteiger partial charge in [0.05, 0.1) is 11.2 Å². The number of thiophene rings is 1. The van der Waals surface area contributed by atoms with E-state index in [2.05, 4.69) is 47.5 Å². The number of pyridine rings is 1. The molecule has 1 N–H and O–H groups in total. The molecule has 0 spiro atoms. The monoisotopic (exact) mass is 326 g/mol. The second-order valence-corrected chi connectivity index (χ2v) is 6.81. The van der Waals surface area contributed by atoms with Gasteiger partial charge in [0.25, 0.3) is 0 Å². The second kappa shape index (κ2) is 7.68. The molecule has 2 heterocycles. The molecule has 0 amide bonds. The topological polar surface area (TPSA) is 36.4 Å². The van der Waals surface area contributed by atoms with E-state index >= 15 is 0 Å². The van der Waals surface area contributed by atoms with E-state index in [1.165, 1.54) is 15.8 Å². The standard InChI is InChI=1S/C19H22N2OS/c1-15-9-12-23-19(15)14-21(10-4-11-22)13-17-8-7-16-5-2-3-6-18(16)20-17/h2-3,5-9,12,22H,4,10-11,13-14H2,1H3. The molecule has 0 radical (unpaired) electrons. The van der Waals surface area contributed by atoms with Crippen molar-refractivity contribution in [3.63, 3.8) is 0 Å². The second-order valence-electron chi connectivity index (χ2n) is 5.81. The summed E-state index contributed by atoms with van der Waals surface area (Å²) in [6.45, 7) is 4.98. The fraction of sp³-hybridized carbons (Fsp3) is 0.316. The number of benzene rings is 1. The highest BCUT2D eigenvalue weighted by Crippen LogP contribution is 2.20. The van der Waals surface area contributed by atoms with Crippen LogP contribution in [-0.2, 0) is 13.1 Å². The minimum atomic E-state index is 0.227. The maximum absolute atomic E-state index is 9.16. The SMILES string of the molecule is Cc1ccsc1CN(CCCO)Cc1ccc2ccccc2n1. The Balaban J connectivity index is 1.77. The van der Waals surface area contributed by atoms with Crippen molar-refractivity contribution in [1.82, 2.24) is 9.88 Å². The number of aryl methyl sites for hydroxylation is 1. The first kappa shape index (κ1) is 16.1. The molecule has 0 aliphatic heterocycles. The zero-order valence-corrected chi connectivity index (χ0v) is 14.2. The molecule has 0 fully saturated rings. The highest BCUT2D eigenvalue weighted by Gasteiger charge is 2.11. The van der Waals surface area contributed by atoms with Crippen molar-refractivity contribution in [2.24, 2.45) is 0 Å². The van der Waals surface area contributed by atoms with Crippen LogP contribution in [-0.4, -0.2) is 28.1 Å². The zero-order chi connectivity index (χ0) is 16.1. The lowest BCUT2D eigenvalue weighted by molar-refractivity contribution is 0.212. The van der Waals surface area contributed by atoms with Crippen LogP contribution in [0.5, 0.6) is 0 Å². The minimum absolute atomic E-state index is 0.227. The first-order valence-electron chi connectivity index (χ1n) is 7.97. The summed E-state index contributed by atoms with van der Waals surface area (Å²) >= 11 is 1.80. The van der Waals surface area contributed by atoms with Gasteiger partial charge in [-0.1, -0.05) is 24.3 Å². The summed E-state index contributed by atoms with van der Waals surface area (Å²) in [4.78, 5) is 8.53. The van der Waals surface area contributed by atoms with E-state index in [9.17, 15) is 0 Å². The first-order valence-corrected chi connectivity index (χ1v) is 8.85. The van der Waals surface area contributed by atoms with E-state index in [0.29, 0.717) is 0 Å². The van der Waals surface area contributed by atoms with Gasteiger partial charge in [-0.05, 0) is 42.5 Å². The number of aliphatic hydroxyl groups excluding tert-OH is 1.